The Morgan fingerprint density at radius 3 is 2.39 bits per heavy atom. The molecule has 0 N–H and O–H groups in total. The Hall–Kier alpha value is -1.93. The Labute approximate surface area is 109 Å². The third-order valence-corrected chi connectivity index (χ3v) is 3.01. The summed E-state index contributed by atoms with van der Waals surface area (Å²) in [5.41, 5.74) is 2.02. The molecule has 1 aromatic heterocycles. The van der Waals surface area contributed by atoms with Gasteiger partial charge in [-0.25, -0.2) is 14.4 Å². The van der Waals surface area contributed by atoms with E-state index in [1.54, 1.807) is 6.07 Å². The molecule has 3 nitrogen and oxygen atoms in total. The molecular weight excluding hydrogens is 249 g/mol. The molecule has 0 aliphatic carbocycles. The van der Waals surface area contributed by atoms with Crippen LogP contribution in [-0.2, 0) is 0 Å². The van der Waals surface area contributed by atoms with Gasteiger partial charge in [0, 0.05) is 16.3 Å². The first kappa shape index (κ1) is 12.5. The van der Waals surface area contributed by atoms with Crippen molar-refractivity contribution >= 4 is 11.8 Å². The van der Waals surface area contributed by atoms with E-state index < -0.39 is 5.82 Å². The van der Waals surface area contributed by atoms with Crippen molar-refractivity contribution in [1.82, 2.24) is 9.97 Å². The number of benzene rings is 1. The topological polar surface area (TPSA) is 49.6 Å². The van der Waals surface area contributed by atoms with Crippen LogP contribution in [-0.4, -0.2) is 9.97 Å². The van der Waals surface area contributed by atoms with Crippen LogP contribution in [0, 0.1) is 31.0 Å². The third-order valence-electron chi connectivity index (χ3n) is 2.17. The Bertz CT molecular complexity index is 614. The lowest BCUT2D eigenvalue weighted by Crippen LogP contribution is -1.92. The molecule has 90 valence electrons. The maximum absolute atomic E-state index is 13.3. The number of hydrogen-bond acceptors (Lipinski definition) is 4. The van der Waals surface area contributed by atoms with Gasteiger partial charge < -0.3 is 0 Å². The van der Waals surface area contributed by atoms with Gasteiger partial charge in [-0.2, -0.15) is 5.26 Å². The van der Waals surface area contributed by atoms with Gasteiger partial charge in [0.1, 0.15) is 5.82 Å². The third kappa shape index (κ3) is 3.05. The maximum Gasteiger partial charge on any atom is 0.192 e. The molecule has 1 aromatic carbocycles. The molecule has 2 rings (SSSR count). The van der Waals surface area contributed by atoms with Crippen molar-refractivity contribution in [3.63, 3.8) is 0 Å². The van der Waals surface area contributed by atoms with E-state index in [-0.39, 0.29) is 0 Å². The van der Waals surface area contributed by atoms with Crippen LogP contribution in [0.4, 0.5) is 4.39 Å². The minimum absolute atomic E-state index is 0.293. The molecule has 0 saturated carbocycles. The smallest absolute Gasteiger partial charge is 0.192 e. The highest BCUT2D eigenvalue weighted by atomic mass is 32.2. The van der Waals surface area contributed by atoms with Crippen molar-refractivity contribution in [2.45, 2.75) is 23.9 Å². The predicted molar refractivity (Wildman–Crippen MR) is 66.7 cm³/mol. The molecule has 0 unspecified atom stereocenters. The van der Waals surface area contributed by atoms with Crippen LogP contribution >= 0.6 is 11.8 Å². The Balaban J connectivity index is 2.34. The molecule has 0 bridgehead atoms. The molecule has 18 heavy (non-hydrogen) atoms. The van der Waals surface area contributed by atoms with Crippen molar-refractivity contribution < 1.29 is 4.39 Å². The Morgan fingerprint density at radius 2 is 1.78 bits per heavy atom. The monoisotopic (exact) mass is 259 g/mol. The standard InChI is InChI=1S/C13H10FN3S/c1-8-3-9(2)17-13(16-8)18-12-5-10(7-15)4-11(14)6-12/h3-6H,1-2H3. The highest BCUT2D eigenvalue weighted by Crippen LogP contribution is 2.26. The SMILES string of the molecule is Cc1cc(C)nc(Sc2cc(F)cc(C#N)c2)n1. The van der Waals surface area contributed by atoms with Crippen LogP contribution in [0.25, 0.3) is 0 Å². The van der Waals surface area contributed by atoms with Gasteiger partial charge >= 0.3 is 0 Å². The minimum Gasteiger partial charge on any atom is -0.228 e. The summed E-state index contributed by atoms with van der Waals surface area (Å²) in [7, 11) is 0. The number of aromatic nitrogens is 2. The fraction of sp³-hybridized carbons (Fsp3) is 0.154. The molecule has 0 fully saturated rings. The molecule has 0 spiro atoms. The van der Waals surface area contributed by atoms with Crippen LogP contribution in [0.3, 0.4) is 0 Å². The number of hydrogen-bond donors (Lipinski definition) is 0. The van der Waals surface area contributed by atoms with Gasteiger partial charge in [0.25, 0.3) is 0 Å². The molecule has 0 amide bonds. The second kappa shape index (κ2) is 5.15. The number of nitriles is 1. The van der Waals surface area contributed by atoms with Crippen LogP contribution < -0.4 is 0 Å². The number of aryl methyl sites for hydroxylation is 2. The van der Waals surface area contributed by atoms with E-state index in [0.29, 0.717) is 15.6 Å². The maximum atomic E-state index is 13.3. The summed E-state index contributed by atoms with van der Waals surface area (Å²) in [4.78, 5) is 9.14. The molecule has 1 heterocycles. The van der Waals surface area contributed by atoms with E-state index >= 15 is 0 Å². The van der Waals surface area contributed by atoms with E-state index in [4.69, 9.17) is 5.26 Å². The average molecular weight is 259 g/mol. The fourth-order valence-electron chi connectivity index (χ4n) is 1.53. The first-order valence-electron chi connectivity index (χ1n) is 5.27. The molecular formula is C13H10FN3S. The summed E-state index contributed by atoms with van der Waals surface area (Å²) in [5, 5.41) is 9.34. The van der Waals surface area contributed by atoms with Crippen molar-refractivity contribution in [2.75, 3.05) is 0 Å². The lowest BCUT2D eigenvalue weighted by atomic mass is 10.2. The lowest BCUT2D eigenvalue weighted by molar-refractivity contribution is 0.623. The summed E-state index contributed by atoms with van der Waals surface area (Å²) in [6.45, 7) is 3.76. The van der Waals surface area contributed by atoms with Crippen molar-refractivity contribution in [3.8, 4) is 6.07 Å². The second-order valence-electron chi connectivity index (χ2n) is 3.82. The summed E-state index contributed by atoms with van der Waals surface area (Å²) < 4.78 is 13.3. The molecule has 0 saturated heterocycles. The Morgan fingerprint density at radius 1 is 1.11 bits per heavy atom. The highest BCUT2D eigenvalue weighted by Gasteiger charge is 2.06. The van der Waals surface area contributed by atoms with Gasteiger partial charge in [0.15, 0.2) is 5.16 Å². The average Bonchev–Trinajstić information content (AvgIpc) is 2.26. The molecule has 0 radical (unpaired) electrons. The van der Waals surface area contributed by atoms with Crippen molar-refractivity contribution in [2.24, 2.45) is 0 Å². The number of halogens is 1. The Kier molecular flexibility index (Phi) is 3.58. The minimum atomic E-state index is -0.430. The second-order valence-corrected chi connectivity index (χ2v) is 4.86. The van der Waals surface area contributed by atoms with Gasteiger partial charge in [-0.3, -0.25) is 0 Å². The summed E-state index contributed by atoms with van der Waals surface area (Å²) in [6.07, 6.45) is 0. The lowest BCUT2D eigenvalue weighted by Gasteiger charge is -2.03. The summed E-state index contributed by atoms with van der Waals surface area (Å²) in [5.74, 6) is -0.430. The predicted octanol–water partition coefficient (Wildman–Crippen LogP) is 3.26. The molecule has 0 aliphatic heterocycles. The molecule has 2 aromatic rings. The molecule has 5 heteroatoms. The van der Waals surface area contributed by atoms with Crippen molar-refractivity contribution in [3.05, 3.63) is 47.0 Å². The van der Waals surface area contributed by atoms with E-state index in [1.807, 2.05) is 26.0 Å². The quantitative estimate of drug-likeness (QED) is 0.777. The zero-order valence-electron chi connectivity index (χ0n) is 9.94. The van der Waals surface area contributed by atoms with E-state index in [0.717, 1.165) is 11.4 Å². The van der Waals surface area contributed by atoms with Crippen LogP contribution in [0.2, 0.25) is 0 Å². The van der Waals surface area contributed by atoms with Crippen LogP contribution in [0.15, 0.2) is 34.3 Å². The van der Waals surface area contributed by atoms with Gasteiger partial charge in [-0.05, 0) is 49.9 Å². The normalized spacial score (nSPS) is 10.1. The first-order valence-corrected chi connectivity index (χ1v) is 6.09. The summed E-state index contributed by atoms with van der Waals surface area (Å²) in [6, 6.07) is 7.98. The zero-order chi connectivity index (χ0) is 13.1. The zero-order valence-corrected chi connectivity index (χ0v) is 10.8. The number of rotatable bonds is 2. The van der Waals surface area contributed by atoms with E-state index in [9.17, 15) is 4.39 Å². The molecule has 0 atom stereocenters. The van der Waals surface area contributed by atoms with Gasteiger partial charge in [-0.15, -0.1) is 0 Å². The summed E-state index contributed by atoms with van der Waals surface area (Å²) >= 11 is 1.25. The van der Waals surface area contributed by atoms with E-state index in [2.05, 4.69) is 9.97 Å². The van der Waals surface area contributed by atoms with E-state index in [1.165, 1.54) is 23.9 Å². The van der Waals surface area contributed by atoms with Gasteiger partial charge in [-0.1, -0.05) is 0 Å². The number of nitrogens with zero attached hydrogens (tertiary/aromatic N) is 3. The first-order chi connectivity index (χ1) is 8.56. The largest absolute Gasteiger partial charge is 0.228 e. The molecule has 0 aliphatic rings. The van der Waals surface area contributed by atoms with Crippen molar-refractivity contribution in [1.29, 1.82) is 5.26 Å². The fourth-order valence-corrected chi connectivity index (χ4v) is 2.48. The van der Waals surface area contributed by atoms with Crippen LogP contribution in [0.1, 0.15) is 17.0 Å². The van der Waals surface area contributed by atoms with Crippen LogP contribution in [0.5, 0.6) is 0 Å². The van der Waals surface area contributed by atoms with Gasteiger partial charge in [0.05, 0.1) is 11.6 Å². The highest BCUT2D eigenvalue weighted by molar-refractivity contribution is 7.99. The van der Waals surface area contributed by atoms with Gasteiger partial charge in [0.2, 0.25) is 0 Å².